The predicted molar refractivity (Wildman–Crippen MR) is 50.5 cm³/mol. The summed E-state index contributed by atoms with van der Waals surface area (Å²) in [4.78, 5) is 11.5. The molecule has 1 rings (SSSR count). The topological polar surface area (TPSA) is 50.4 Å². The fourth-order valence-electron chi connectivity index (χ4n) is 1.52. The van der Waals surface area contributed by atoms with Crippen molar-refractivity contribution in [2.75, 3.05) is 26.7 Å². The van der Waals surface area contributed by atoms with Gasteiger partial charge in [-0.1, -0.05) is 0 Å². The maximum atomic E-state index is 11.5. The van der Waals surface area contributed by atoms with Crippen LogP contribution in [0, 0.1) is 5.92 Å². The first-order valence-electron chi connectivity index (χ1n) is 4.79. The quantitative estimate of drug-likeness (QED) is 0.595. The number of ether oxygens (including phenoxy) is 1. The monoisotopic (exact) mass is 186 g/mol. The number of rotatable bonds is 4. The summed E-state index contributed by atoms with van der Waals surface area (Å²) in [5.74, 6) is 0.178. The molecule has 4 nitrogen and oxygen atoms in total. The molecule has 0 aromatic carbocycles. The van der Waals surface area contributed by atoms with Crippen molar-refractivity contribution in [3.05, 3.63) is 0 Å². The molecule has 0 bridgehead atoms. The lowest BCUT2D eigenvalue weighted by Crippen LogP contribution is -2.37. The van der Waals surface area contributed by atoms with Gasteiger partial charge in [0.1, 0.15) is 0 Å². The molecule has 0 aromatic rings. The Labute approximate surface area is 79.0 Å². The van der Waals surface area contributed by atoms with E-state index in [-0.39, 0.29) is 17.9 Å². The molecule has 2 atom stereocenters. The Morgan fingerprint density at radius 3 is 2.85 bits per heavy atom. The Morgan fingerprint density at radius 1 is 1.54 bits per heavy atom. The molecule has 0 spiro atoms. The minimum absolute atomic E-state index is 0.0526. The third kappa shape index (κ3) is 2.97. The van der Waals surface area contributed by atoms with E-state index in [0.717, 1.165) is 13.0 Å². The molecule has 1 amide bonds. The largest absolute Gasteiger partial charge is 0.378 e. The van der Waals surface area contributed by atoms with Crippen LogP contribution in [0.25, 0.3) is 0 Å². The Morgan fingerprint density at radius 2 is 2.31 bits per heavy atom. The van der Waals surface area contributed by atoms with Crippen LogP contribution < -0.4 is 10.6 Å². The van der Waals surface area contributed by atoms with Gasteiger partial charge in [-0.25, -0.2) is 0 Å². The van der Waals surface area contributed by atoms with Gasteiger partial charge in [-0.2, -0.15) is 0 Å². The molecule has 4 heteroatoms. The summed E-state index contributed by atoms with van der Waals surface area (Å²) in [7, 11) is 1.87. The maximum Gasteiger partial charge on any atom is 0.225 e. The van der Waals surface area contributed by atoms with Gasteiger partial charge in [0.2, 0.25) is 5.91 Å². The van der Waals surface area contributed by atoms with E-state index < -0.39 is 0 Å². The average Bonchev–Trinajstić information content (AvgIpc) is 2.52. The first-order chi connectivity index (χ1) is 6.25. The SMILES string of the molecule is CNCCNC(=O)C1CCOC1C. The van der Waals surface area contributed by atoms with E-state index in [1.807, 2.05) is 14.0 Å². The maximum absolute atomic E-state index is 11.5. The number of hydrogen-bond donors (Lipinski definition) is 2. The molecule has 2 unspecified atom stereocenters. The van der Waals surface area contributed by atoms with Gasteiger partial charge in [-0.05, 0) is 20.4 Å². The predicted octanol–water partition coefficient (Wildman–Crippen LogP) is -0.253. The fourth-order valence-corrected chi connectivity index (χ4v) is 1.52. The fraction of sp³-hybridized carbons (Fsp3) is 0.889. The summed E-state index contributed by atoms with van der Waals surface area (Å²) in [6.45, 7) is 4.17. The van der Waals surface area contributed by atoms with E-state index in [2.05, 4.69) is 10.6 Å². The minimum atomic E-state index is 0.0526. The third-order valence-corrected chi connectivity index (χ3v) is 2.39. The van der Waals surface area contributed by atoms with Crippen molar-refractivity contribution in [2.24, 2.45) is 5.92 Å². The van der Waals surface area contributed by atoms with E-state index in [9.17, 15) is 4.79 Å². The Balaban J connectivity index is 2.22. The summed E-state index contributed by atoms with van der Waals surface area (Å²) >= 11 is 0. The second-order valence-electron chi connectivity index (χ2n) is 3.37. The molecule has 76 valence electrons. The number of hydrogen-bond acceptors (Lipinski definition) is 3. The van der Waals surface area contributed by atoms with E-state index in [1.165, 1.54) is 0 Å². The highest BCUT2D eigenvalue weighted by atomic mass is 16.5. The highest BCUT2D eigenvalue weighted by Gasteiger charge is 2.30. The van der Waals surface area contributed by atoms with E-state index in [4.69, 9.17) is 4.74 Å². The zero-order valence-electron chi connectivity index (χ0n) is 8.30. The zero-order valence-corrected chi connectivity index (χ0v) is 8.30. The number of carbonyl (C=O) groups excluding carboxylic acids is 1. The van der Waals surface area contributed by atoms with Gasteiger partial charge in [0, 0.05) is 19.7 Å². The lowest BCUT2D eigenvalue weighted by atomic mass is 10.0. The summed E-state index contributed by atoms with van der Waals surface area (Å²) < 4.78 is 5.32. The minimum Gasteiger partial charge on any atom is -0.378 e. The molecule has 1 heterocycles. The van der Waals surface area contributed by atoms with Gasteiger partial charge < -0.3 is 15.4 Å². The second kappa shape index (κ2) is 5.19. The van der Waals surface area contributed by atoms with Gasteiger partial charge in [0.05, 0.1) is 12.0 Å². The van der Waals surface area contributed by atoms with E-state index in [1.54, 1.807) is 0 Å². The van der Waals surface area contributed by atoms with Gasteiger partial charge in [0.25, 0.3) is 0 Å². The molecular weight excluding hydrogens is 168 g/mol. The van der Waals surface area contributed by atoms with Gasteiger partial charge >= 0.3 is 0 Å². The summed E-state index contributed by atoms with van der Waals surface area (Å²) in [6, 6.07) is 0. The summed E-state index contributed by atoms with van der Waals surface area (Å²) in [5.41, 5.74) is 0. The third-order valence-electron chi connectivity index (χ3n) is 2.39. The van der Waals surface area contributed by atoms with Crippen molar-refractivity contribution in [3.8, 4) is 0 Å². The van der Waals surface area contributed by atoms with E-state index in [0.29, 0.717) is 13.2 Å². The zero-order chi connectivity index (χ0) is 9.68. The average molecular weight is 186 g/mol. The molecule has 0 aliphatic carbocycles. The highest BCUT2D eigenvalue weighted by molar-refractivity contribution is 5.79. The number of amides is 1. The van der Waals surface area contributed by atoms with Crippen LogP contribution >= 0.6 is 0 Å². The first-order valence-corrected chi connectivity index (χ1v) is 4.79. The lowest BCUT2D eigenvalue weighted by Gasteiger charge is -2.13. The van der Waals surface area contributed by atoms with Crippen LogP contribution in [0.4, 0.5) is 0 Å². The summed E-state index contributed by atoms with van der Waals surface area (Å²) in [6.07, 6.45) is 0.932. The van der Waals surface area contributed by atoms with Crippen LogP contribution in [-0.2, 0) is 9.53 Å². The summed E-state index contributed by atoms with van der Waals surface area (Å²) in [5, 5.41) is 5.85. The van der Waals surface area contributed by atoms with E-state index >= 15 is 0 Å². The molecule has 1 aliphatic rings. The van der Waals surface area contributed by atoms with Crippen molar-refractivity contribution in [1.82, 2.24) is 10.6 Å². The first kappa shape index (κ1) is 10.5. The van der Waals surface area contributed by atoms with Crippen LogP contribution in [0.5, 0.6) is 0 Å². The van der Waals surface area contributed by atoms with Gasteiger partial charge in [-0.15, -0.1) is 0 Å². The molecule has 0 aromatic heterocycles. The van der Waals surface area contributed by atoms with Crippen LogP contribution in [0.15, 0.2) is 0 Å². The number of carbonyl (C=O) groups is 1. The van der Waals surface area contributed by atoms with Gasteiger partial charge in [0.15, 0.2) is 0 Å². The standard InChI is InChI=1S/C9H18N2O2/c1-7-8(3-6-13-7)9(12)11-5-4-10-2/h7-8,10H,3-6H2,1-2H3,(H,11,12). The normalized spacial score (nSPS) is 27.5. The number of nitrogens with one attached hydrogen (secondary N) is 2. The molecule has 1 fully saturated rings. The van der Waals surface area contributed by atoms with Crippen molar-refractivity contribution >= 4 is 5.91 Å². The van der Waals surface area contributed by atoms with Crippen LogP contribution in [0.2, 0.25) is 0 Å². The highest BCUT2D eigenvalue weighted by Crippen LogP contribution is 2.19. The molecule has 1 saturated heterocycles. The second-order valence-corrected chi connectivity index (χ2v) is 3.37. The Hall–Kier alpha value is -0.610. The lowest BCUT2D eigenvalue weighted by molar-refractivity contribution is -0.126. The van der Waals surface area contributed by atoms with Crippen LogP contribution in [0.1, 0.15) is 13.3 Å². The molecular formula is C9H18N2O2. The Bertz CT molecular complexity index is 173. The smallest absolute Gasteiger partial charge is 0.225 e. The Kier molecular flexibility index (Phi) is 4.18. The van der Waals surface area contributed by atoms with Gasteiger partial charge in [-0.3, -0.25) is 4.79 Å². The molecule has 0 radical (unpaired) electrons. The van der Waals surface area contributed by atoms with Crippen LogP contribution in [-0.4, -0.2) is 38.8 Å². The van der Waals surface area contributed by atoms with Crippen molar-refractivity contribution in [2.45, 2.75) is 19.4 Å². The van der Waals surface area contributed by atoms with Crippen molar-refractivity contribution < 1.29 is 9.53 Å². The molecule has 13 heavy (non-hydrogen) atoms. The van der Waals surface area contributed by atoms with Crippen LogP contribution in [0.3, 0.4) is 0 Å². The molecule has 0 saturated carbocycles. The number of likely N-dealkylation sites (N-methyl/N-ethyl adjacent to an activating group) is 1. The van der Waals surface area contributed by atoms with Crippen molar-refractivity contribution in [1.29, 1.82) is 0 Å². The van der Waals surface area contributed by atoms with Crippen molar-refractivity contribution in [3.63, 3.8) is 0 Å². The molecule has 2 N–H and O–H groups in total. The molecule has 1 aliphatic heterocycles.